The van der Waals surface area contributed by atoms with Crippen LogP contribution in [0, 0.1) is 0 Å². The van der Waals surface area contributed by atoms with Crippen molar-refractivity contribution in [1.29, 1.82) is 0 Å². The summed E-state index contributed by atoms with van der Waals surface area (Å²) in [6.45, 7) is 1.86. The third-order valence-corrected chi connectivity index (χ3v) is 1.91. The van der Waals surface area contributed by atoms with Crippen molar-refractivity contribution in [3.63, 3.8) is 0 Å². The molecule has 12 heavy (non-hydrogen) atoms. The van der Waals surface area contributed by atoms with Crippen LogP contribution in [-0.2, 0) is 9.47 Å². The molecule has 0 atom stereocenters. The number of hydrogen-bond acceptors (Lipinski definition) is 3. The van der Waals surface area contributed by atoms with Crippen LogP contribution in [0.15, 0.2) is 24.4 Å². The van der Waals surface area contributed by atoms with E-state index < -0.39 is 0 Å². The molecular weight excluding hydrogens is 154 g/mol. The Kier molecular flexibility index (Phi) is 2.34. The SMILES string of the molecule is c1ccc(C2COCOC2)nc1. The predicted molar refractivity (Wildman–Crippen MR) is 43.7 cm³/mol. The van der Waals surface area contributed by atoms with Gasteiger partial charge in [-0.1, -0.05) is 6.07 Å². The van der Waals surface area contributed by atoms with Crippen LogP contribution >= 0.6 is 0 Å². The molecule has 0 bridgehead atoms. The third-order valence-electron chi connectivity index (χ3n) is 1.91. The van der Waals surface area contributed by atoms with Gasteiger partial charge < -0.3 is 9.47 Å². The van der Waals surface area contributed by atoms with Crippen molar-refractivity contribution in [3.05, 3.63) is 30.1 Å². The van der Waals surface area contributed by atoms with Crippen molar-refractivity contribution in [2.45, 2.75) is 5.92 Å². The van der Waals surface area contributed by atoms with Crippen LogP contribution in [0.4, 0.5) is 0 Å². The van der Waals surface area contributed by atoms with E-state index in [1.807, 2.05) is 18.2 Å². The highest BCUT2D eigenvalue weighted by Gasteiger charge is 2.16. The van der Waals surface area contributed by atoms with Crippen molar-refractivity contribution >= 4 is 0 Å². The lowest BCUT2D eigenvalue weighted by atomic mass is 10.1. The van der Waals surface area contributed by atoms with Crippen LogP contribution in [-0.4, -0.2) is 25.0 Å². The molecule has 3 nitrogen and oxygen atoms in total. The number of aromatic nitrogens is 1. The maximum atomic E-state index is 5.17. The van der Waals surface area contributed by atoms with Crippen LogP contribution in [0.2, 0.25) is 0 Å². The lowest BCUT2D eigenvalue weighted by molar-refractivity contribution is -0.108. The number of rotatable bonds is 1. The summed E-state index contributed by atoms with van der Waals surface area (Å²) >= 11 is 0. The van der Waals surface area contributed by atoms with Gasteiger partial charge in [-0.25, -0.2) is 0 Å². The second-order valence-electron chi connectivity index (χ2n) is 2.81. The summed E-state index contributed by atoms with van der Waals surface area (Å²) in [4.78, 5) is 4.24. The topological polar surface area (TPSA) is 31.4 Å². The standard InChI is InChI=1S/C9H11NO2/c1-2-4-10-9(3-1)8-5-11-7-12-6-8/h1-4,8H,5-7H2. The molecule has 0 saturated carbocycles. The van der Waals surface area contributed by atoms with E-state index in [1.165, 1.54) is 0 Å². The van der Waals surface area contributed by atoms with Gasteiger partial charge in [0.25, 0.3) is 0 Å². The number of hydrogen-bond donors (Lipinski definition) is 0. The Morgan fingerprint density at radius 2 is 2.08 bits per heavy atom. The van der Waals surface area contributed by atoms with Crippen molar-refractivity contribution < 1.29 is 9.47 Å². The summed E-state index contributed by atoms with van der Waals surface area (Å²) in [5.74, 6) is 0.306. The minimum absolute atomic E-state index is 0.306. The Bertz CT molecular complexity index is 232. The maximum absolute atomic E-state index is 5.17. The fraction of sp³-hybridized carbons (Fsp3) is 0.444. The Balaban J connectivity index is 2.08. The normalized spacial score (nSPS) is 19.3. The van der Waals surface area contributed by atoms with Gasteiger partial charge >= 0.3 is 0 Å². The molecule has 1 aliphatic rings. The molecule has 1 aromatic rings. The zero-order chi connectivity index (χ0) is 8.23. The molecule has 0 amide bonds. The molecule has 2 rings (SSSR count). The third kappa shape index (κ3) is 1.62. The molecule has 1 aliphatic heterocycles. The van der Waals surface area contributed by atoms with Crippen LogP contribution < -0.4 is 0 Å². The molecule has 0 aromatic carbocycles. The van der Waals surface area contributed by atoms with Gasteiger partial charge in [-0.15, -0.1) is 0 Å². The highest BCUT2D eigenvalue weighted by atomic mass is 16.7. The van der Waals surface area contributed by atoms with E-state index in [0.29, 0.717) is 12.7 Å². The highest BCUT2D eigenvalue weighted by molar-refractivity contribution is 5.09. The van der Waals surface area contributed by atoms with Gasteiger partial charge in [0.15, 0.2) is 0 Å². The predicted octanol–water partition coefficient (Wildman–Crippen LogP) is 1.17. The lowest BCUT2D eigenvalue weighted by Crippen LogP contribution is -2.22. The molecule has 0 N–H and O–H groups in total. The zero-order valence-corrected chi connectivity index (χ0v) is 6.77. The molecule has 1 saturated heterocycles. The molecule has 64 valence electrons. The van der Waals surface area contributed by atoms with Gasteiger partial charge in [-0.05, 0) is 12.1 Å². The summed E-state index contributed by atoms with van der Waals surface area (Å²) in [5, 5.41) is 0. The maximum Gasteiger partial charge on any atom is 0.146 e. The molecule has 0 unspecified atom stereocenters. The number of nitrogens with zero attached hydrogens (tertiary/aromatic N) is 1. The smallest absolute Gasteiger partial charge is 0.146 e. The monoisotopic (exact) mass is 165 g/mol. The second-order valence-corrected chi connectivity index (χ2v) is 2.81. The molecule has 2 heterocycles. The largest absolute Gasteiger partial charge is 0.355 e. The summed E-state index contributed by atoms with van der Waals surface area (Å²) in [5.41, 5.74) is 1.05. The molecule has 1 aromatic heterocycles. The number of ether oxygens (including phenoxy) is 2. The molecule has 0 spiro atoms. The summed E-state index contributed by atoms with van der Waals surface area (Å²) < 4.78 is 10.3. The van der Waals surface area contributed by atoms with Gasteiger partial charge in [0.1, 0.15) is 6.79 Å². The Labute approximate surface area is 71.3 Å². The van der Waals surface area contributed by atoms with Crippen molar-refractivity contribution in [2.75, 3.05) is 20.0 Å². The van der Waals surface area contributed by atoms with E-state index >= 15 is 0 Å². The first-order valence-corrected chi connectivity index (χ1v) is 4.03. The molecule has 0 radical (unpaired) electrons. The fourth-order valence-electron chi connectivity index (χ4n) is 1.28. The summed E-state index contributed by atoms with van der Waals surface area (Å²) in [7, 11) is 0. The first kappa shape index (κ1) is 7.71. The molecule has 1 fully saturated rings. The van der Waals surface area contributed by atoms with Gasteiger partial charge in [0.05, 0.1) is 13.2 Å². The minimum Gasteiger partial charge on any atom is -0.355 e. The van der Waals surface area contributed by atoms with Gasteiger partial charge in [0.2, 0.25) is 0 Å². The number of pyridine rings is 1. The van der Waals surface area contributed by atoms with Crippen molar-refractivity contribution in [3.8, 4) is 0 Å². The lowest BCUT2D eigenvalue weighted by Gasteiger charge is -2.21. The highest BCUT2D eigenvalue weighted by Crippen LogP contribution is 2.16. The van der Waals surface area contributed by atoms with Crippen molar-refractivity contribution in [1.82, 2.24) is 4.98 Å². The quantitative estimate of drug-likeness (QED) is 0.626. The van der Waals surface area contributed by atoms with E-state index in [1.54, 1.807) is 6.20 Å². The van der Waals surface area contributed by atoms with E-state index in [9.17, 15) is 0 Å². The van der Waals surface area contributed by atoms with Crippen LogP contribution in [0.3, 0.4) is 0 Å². The van der Waals surface area contributed by atoms with Crippen LogP contribution in [0.1, 0.15) is 11.6 Å². The van der Waals surface area contributed by atoms with Crippen LogP contribution in [0.25, 0.3) is 0 Å². The zero-order valence-electron chi connectivity index (χ0n) is 6.77. The van der Waals surface area contributed by atoms with E-state index in [0.717, 1.165) is 18.9 Å². The van der Waals surface area contributed by atoms with Gasteiger partial charge in [-0.2, -0.15) is 0 Å². The first-order chi connectivity index (χ1) is 5.97. The Morgan fingerprint density at radius 1 is 1.25 bits per heavy atom. The van der Waals surface area contributed by atoms with Crippen LogP contribution in [0.5, 0.6) is 0 Å². The first-order valence-electron chi connectivity index (χ1n) is 4.03. The summed E-state index contributed by atoms with van der Waals surface area (Å²) in [6, 6.07) is 5.90. The minimum atomic E-state index is 0.306. The van der Waals surface area contributed by atoms with Crippen molar-refractivity contribution in [2.24, 2.45) is 0 Å². The van der Waals surface area contributed by atoms with Gasteiger partial charge in [-0.3, -0.25) is 4.98 Å². The summed E-state index contributed by atoms with van der Waals surface area (Å²) in [6.07, 6.45) is 1.80. The van der Waals surface area contributed by atoms with E-state index in [4.69, 9.17) is 9.47 Å². The van der Waals surface area contributed by atoms with E-state index in [2.05, 4.69) is 4.98 Å². The average Bonchev–Trinajstić information content (AvgIpc) is 2.21. The molecular formula is C9H11NO2. The molecule has 0 aliphatic carbocycles. The second kappa shape index (κ2) is 3.65. The average molecular weight is 165 g/mol. The van der Waals surface area contributed by atoms with Gasteiger partial charge in [0, 0.05) is 17.8 Å². The Hall–Kier alpha value is -0.930. The van der Waals surface area contributed by atoms with E-state index in [-0.39, 0.29) is 0 Å². The Morgan fingerprint density at radius 3 is 2.75 bits per heavy atom. The molecule has 3 heteroatoms. The fourth-order valence-corrected chi connectivity index (χ4v) is 1.28.